The van der Waals surface area contributed by atoms with Gasteiger partial charge in [-0.25, -0.2) is 0 Å². The van der Waals surface area contributed by atoms with Gasteiger partial charge in [0.05, 0.1) is 18.3 Å². The van der Waals surface area contributed by atoms with E-state index in [1.165, 1.54) is 0 Å². The Hall–Kier alpha value is -1.29. The number of anilines is 1. The van der Waals surface area contributed by atoms with E-state index in [9.17, 15) is 4.79 Å². The maximum atomic E-state index is 11.5. The summed E-state index contributed by atoms with van der Waals surface area (Å²) < 4.78 is 7.07. The number of hydrogen-bond acceptors (Lipinski definition) is 3. The molecule has 0 radical (unpaired) electrons. The zero-order chi connectivity index (χ0) is 9.97. The molecule has 0 aromatic carbocycles. The van der Waals surface area contributed by atoms with Crippen molar-refractivity contribution in [3.63, 3.8) is 0 Å². The van der Waals surface area contributed by atoms with Crippen molar-refractivity contribution in [1.29, 1.82) is 0 Å². The van der Waals surface area contributed by atoms with E-state index < -0.39 is 0 Å². The fourth-order valence-corrected chi connectivity index (χ4v) is 1.71. The van der Waals surface area contributed by atoms with Crippen LogP contribution in [0.3, 0.4) is 0 Å². The first kappa shape index (κ1) is 9.27. The summed E-state index contributed by atoms with van der Waals surface area (Å²) in [5.41, 5.74) is 5.70. The zero-order valence-corrected chi connectivity index (χ0v) is 7.98. The minimum atomic E-state index is -0.122. The maximum absolute atomic E-state index is 11.5. The molecule has 1 atom stereocenters. The van der Waals surface area contributed by atoms with Gasteiger partial charge in [-0.2, -0.15) is 0 Å². The smallest absolute Gasteiger partial charge is 0.273 e. The molecule has 14 heavy (non-hydrogen) atoms. The SMILES string of the molecule is Nc1cccn(C[C@H]2CCCO2)c1=O. The van der Waals surface area contributed by atoms with Gasteiger partial charge in [0.25, 0.3) is 5.56 Å². The van der Waals surface area contributed by atoms with Gasteiger partial charge >= 0.3 is 0 Å². The van der Waals surface area contributed by atoms with E-state index >= 15 is 0 Å². The third-order valence-corrected chi connectivity index (χ3v) is 2.47. The quantitative estimate of drug-likeness (QED) is 0.750. The van der Waals surface area contributed by atoms with E-state index in [-0.39, 0.29) is 11.7 Å². The Morgan fingerprint density at radius 1 is 1.64 bits per heavy atom. The maximum Gasteiger partial charge on any atom is 0.273 e. The van der Waals surface area contributed by atoms with Crippen molar-refractivity contribution in [2.24, 2.45) is 0 Å². The first-order valence-corrected chi connectivity index (χ1v) is 4.84. The minimum absolute atomic E-state index is 0.122. The summed E-state index contributed by atoms with van der Waals surface area (Å²) in [6.07, 6.45) is 4.04. The molecule has 0 bridgehead atoms. The molecule has 1 aliphatic rings. The second-order valence-corrected chi connectivity index (χ2v) is 3.56. The van der Waals surface area contributed by atoms with Crippen molar-refractivity contribution < 1.29 is 4.74 Å². The summed E-state index contributed by atoms with van der Waals surface area (Å²) in [6, 6.07) is 3.40. The largest absolute Gasteiger partial charge is 0.394 e. The van der Waals surface area contributed by atoms with Gasteiger partial charge in [-0.15, -0.1) is 0 Å². The summed E-state index contributed by atoms with van der Waals surface area (Å²) in [4.78, 5) is 11.5. The summed E-state index contributed by atoms with van der Waals surface area (Å²) >= 11 is 0. The Kier molecular flexibility index (Phi) is 2.54. The molecular weight excluding hydrogens is 180 g/mol. The standard InChI is InChI=1S/C10H14N2O2/c11-9-4-1-5-12(10(9)13)7-8-3-2-6-14-8/h1,4-5,8H,2-3,6-7,11H2/t8-/m1/s1. The number of nitrogens with two attached hydrogens (primary N) is 1. The summed E-state index contributed by atoms with van der Waals surface area (Å²) in [5, 5.41) is 0. The highest BCUT2D eigenvalue weighted by Gasteiger charge is 2.16. The van der Waals surface area contributed by atoms with Gasteiger partial charge in [0.1, 0.15) is 0 Å². The minimum Gasteiger partial charge on any atom is -0.394 e. The van der Waals surface area contributed by atoms with E-state index in [1.54, 1.807) is 22.9 Å². The van der Waals surface area contributed by atoms with Crippen LogP contribution in [0.25, 0.3) is 0 Å². The fraction of sp³-hybridized carbons (Fsp3) is 0.500. The first-order chi connectivity index (χ1) is 6.77. The van der Waals surface area contributed by atoms with Crippen LogP contribution in [0.2, 0.25) is 0 Å². The molecule has 0 spiro atoms. The predicted molar refractivity (Wildman–Crippen MR) is 54.1 cm³/mol. The van der Waals surface area contributed by atoms with E-state index in [0.29, 0.717) is 12.2 Å². The third kappa shape index (κ3) is 1.80. The summed E-state index contributed by atoms with van der Waals surface area (Å²) in [6.45, 7) is 1.42. The average molecular weight is 194 g/mol. The fourth-order valence-electron chi connectivity index (χ4n) is 1.71. The molecular formula is C10H14N2O2. The Morgan fingerprint density at radius 3 is 3.21 bits per heavy atom. The molecule has 2 N–H and O–H groups in total. The molecule has 2 heterocycles. The average Bonchev–Trinajstić information content (AvgIpc) is 2.66. The lowest BCUT2D eigenvalue weighted by molar-refractivity contribution is 0.0962. The van der Waals surface area contributed by atoms with Crippen molar-refractivity contribution in [2.75, 3.05) is 12.3 Å². The lowest BCUT2D eigenvalue weighted by Gasteiger charge is -2.11. The van der Waals surface area contributed by atoms with Gasteiger partial charge in [0, 0.05) is 12.8 Å². The predicted octanol–water partition coefficient (Wildman–Crippen LogP) is 0.609. The Labute approximate surface area is 82.3 Å². The number of rotatable bonds is 2. The normalized spacial score (nSPS) is 21.3. The van der Waals surface area contributed by atoms with Crippen LogP contribution in [0.1, 0.15) is 12.8 Å². The van der Waals surface area contributed by atoms with Crippen LogP contribution < -0.4 is 11.3 Å². The molecule has 1 saturated heterocycles. The van der Waals surface area contributed by atoms with Crippen LogP contribution in [0.15, 0.2) is 23.1 Å². The van der Waals surface area contributed by atoms with E-state index in [2.05, 4.69) is 0 Å². The van der Waals surface area contributed by atoms with Crippen LogP contribution in [-0.4, -0.2) is 17.3 Å². The molecule has 76 valence electrons. The van der Waals surface area contributed by atoms with Crippen LogP contribution in [0, 0.1) is 0 Å². The van der Waals surface area contributed by atoms with Crippen LogP contribution in [0.4, 0.5) is 5.69 Å². The molecule has 1 aromatic heterocycles. The second-order valence-electron chi connectivity index (χ2n) is 3.56. The molecule has 0 amide bonds. The molecule has 4 nitrogen and oxygen atoms in total. The van der Waals surface area contributed by atoms with Crippen molar-refractivity contribution >= 4 is 5.69 Å². The van der Waals surface area contributed by atoms with E-state index in [4.69, 9.17) is 10.5 Å². The lowest BCUT2D eigenvalue weighted by atomic mass is 10.2. The number of pyridine rings is 1. The van der Waals surface area contributed by atoms with Gasteiger partial charge in [-0.3, -0.25) is 4.79 Å². The first-order valence-electron chi connectivity index (χ1n) is 4.84. The van der Waals surface area contributed by atoms with Gasteiger partial charge in [-0.1, -0.05) is 0 Å². The zero-order valence-electron chi connectivity index (χ0n) is 7.98. The van der Waals surface area contributed by atoms with Crippen molar-refractivity contribution in [1.82, 2.24) is 4.57 Å². The van der Waals surface area contributed by atoms with Crippen LogP contribution in [0.5, 0.6) is 0 Å². The summed E-state index contributed by atoms with van der Waals surface area (Å²) in [5.74, 6) is 0. The highest BCUT2D eigenvalue weighted by Crippen LogP contribution is 2.13. The Morgan fingerprint density at radius 2 is 2.50 bits per heavy atom. The van der Waals surface area contributed by atoms with Gasteiger partial charge in [0.15, 0.2) is 0 Å². The number of ether oxygens (including phenoxy) is 1. The van der Waals surface area contributed by atoms with Gasteiger partial charge < -0.3 is 15.0 Å². The Balaban J connectivity index is 2.16. The molecule has 2 rings (SSSR count). The summed E-state index contributed by atoms with van der Waals surface area (Å²) in [7, 11) is 0. The van der Waals surface area contributed by atoms with E-state index in [1.807, 2.05) is 0 Å². The number of hydrogen-bond donors (Lipinski definition) is 1. The number of aromatic nitrogens is 1. The van der Waals surface area contributed by atoms with Gasteiger partial charge in [0.2, 0.25) is 0 Å². The number of nitrogens with zero attached hydrogens (tertiary/aromatic N) is 1. The highest BCUT2D eigenvalue weighted by atomic mass is 16.5. The molecule has 0 aliphatic carbocycles. The van der Waals surface area contributed by atoms with Crippen LogP contribution in [-0.2, 0) is 11.3 Å². The highest BCUT2D eigenvalue weighted by molar-refractivity contribution is 5.33. The lowest BCUT2D eigenvalue weighted by Crippen LogP contribution is -2.27. The van der Waals surface area contributed by atoms with Crippen molar-refractivity contribution in [3.8, 4) is 0 Å². The third-order valence-electron chi connectivity index (χ3n) is 2.47. The molecule has 1 aromatic rings. The molecule has 1 aliphatic heterocycles. The van der Waals surface area contributed by atoms with Crippen molar-refractivity contribution in [2.45, 2.75) is 25.5 Å². The molecule has 0 unspecified atom stereocenters. The monoisotopic (exact) mass is 194 g/mol. The van der Waals surface area contributed by atoms with Gasteiger partial charge in [-0.05, 0) is 25.0 Å². The van der Waals surface area contributed by atoms with Crippen LogP contribution >= 0.6 is 0 Å². The second kappa shape index (κ2) is 3.84. The molecule has 4 heteroatoms. The molecule has 1 fully saturated rings. The molecule has 0 saturated carbocycles. The Bertz CT molecular complexity index is 367. The topological polar surface area (TPSA) is 57.2 Å². The number of nitrogen functional groups attached to an aromatic ring is 1. The van der Waals surface area contributed by atoms with E-state index in [0.717, 1.165) is 19.4 Å². The van der Waals surface area contributed by atoms with Crippen molar-refractivity contribution in [3.05, 3.63) is 28.7 Å².